The summed E-state index contributed by atoms with van der Waals surface area (Å²) in [4.78, 5) is 24.2. The van der Waals surface area contributed by atoms with E-state index in [4.69, 9.17) is 0 Å². The molecule has 4 aliphatic carbocycles. The maximum Gasteiger partial charge on any atom is 0.192 e. The van der Waals surface area contributed by atoms with Crippen molar-refractivity contribution >= 4 is 11.6 Å². The van der Waals surface area contributed by atoms with Crippen molar-refractivity contribution < 1.29 is 34.4 Å². The van der Waals surface area contributed by atoms with E-state index < -0.39 is 58.5 Å². The molecule has 4 unspecified atom stereocenters. The van der Waals surface area contributed by atoms with Crippen molar-refractivity contribution in [2.45, 2.75) is 63.0 Å². The Morgan fingerprint density at radius 3 is 2.57 bits per heavy atom. The molecule has 0 aromatic rings. The minimum atomic E-state index is -2.23. The van der Waals surface area contributed by atoms with Gasteiger partial charge >= 0.3 is 0 Å². The zero-order chi connectivity index (χ0) is 20.7. The molecular weight excluding hydrogens is 367 g/mol. The normalized spacial score (nSPS) is 52.5. The number of allylic oxidation sites excluding steroid dienone is 4. The molecule has 0 aromatic carbocycles. The second-order valence-corrected chi connectivity index (χ2v) is 9.36. The topological polar surface area (TPSA) is 115 Å². The van der Waals surface area contributed by atoms with Gasteiger partial charge in [-0.05, 0) is 50.7 Å². The van der Waals surface area contributed by atoms with Crippen LogP contribution in [0.5, 0.6) is 0 Å². The first-order chi connectivity index (χ1) is 13.0. The number of rotatable bonds is 2. The summed E-state index contributed by atoms with van der Waals surface area (Å²) in [6.45, 7) is 2.33. The van der Waals surface area contributed by atoms with Crippen LogP contribution < -0.4 is 0 Å². The predicted octanol–water partition coefficient (Wildman–Crippen LogP) is 0.620. The third kappa shape index (κ3) is 2.01. The molecule has 4 N–H and O–H groups in total. The van der Waals surface area contributed by atoms with Crippen molar-refractivity contribution in [3.05, 3.63) is 23.8 Å². The van der Waals surface area contributed by atoms with Gasteiger partial charge in [0.2, 0.25) is 0 Å². The van der Waals surface area contributed by atoms with E-state index in [1.807, 2.05) is 0 Å². The van der Waals surface area contributed by atoms with Crippen LogP contribution in [0.15, 0.2) is 23.8 Å². The van der Waals surface area contributed by atoms with E-state index in [1.165, 1.54) is 18.2 Å². The summed E-state index contributed by atoms with van der Waals surface area (Å²) in [7, 11) is 0. The predicted molar refractivity (Wildman–Crippen MR) is 96.8 cm³/mol. The van der Waals surface area contributed by atoms with Crippen molar-refractivity contribution in [2.24, 2.45) is 22.7 Å². The van der Waals surface area contributed by atoms with Crippen LogP contribution in [-0.2, 0) is 9.59 Å². The molecular formula is C21H27FO6. The molecule has 0 bridgehead atoms. The van der Waals surface area contributed by atoms with Crippen molar-refractivity contribution in [3.63, 3.8) is 0 Å². The number of ketones is 2. The fourth-order valence-electron chi connectivity index (χ4n) is 6.85. The van der Waals surface area contributed by atoms with Crippen LogP contribution in [0.1, 0.15) is 39.5 Å². The van der Waals surface area contributed by atoms with Gasteiger partial charge in [-0.15, -0.1) is 0 Å². The van der Waals surface area contributed by atoms with E-state index in [2.05, 4.69) is 0 Å². The molecule has 0 radical (unpaired) electrons. The van der Waals surface area contributed by atoms with E-state index in [1.54, 1.807) is 13.8 Å². The van der Waals surface area contributed by atoms with Crippen molar-refractivity contribution in [1.29, 1.82) is 0 Å². The zero-order valence-electron chi connectivity index (χ0n) is 16.1. The fraction of sp³-hybridized carbons (Fsp3) is 0.714. The number of halogens is 1. The smallest absolute Gasteiger partial charge is 0.192 e. The number of alkyl halides is 1. The first-order valence-corrected chi connectivity index (χ1v) is 9.82. The molecule has 8 atom stereocenters. The summed E-state index contributed by atoms with van der Waals surface area (Å²) in [5, 5.41) is 42.1. The fourth-order valence-corrected chi connectivity index (χ4v) is 6.85. The minimum Gasteiger partial charge on any atom is -0.390 e. The molecule has 0 saturated heterocycles. The summed E-state index contributed by atoms with van der Waals surface area (Å²) in [5.74, 6) is -2.38. The quantitative estimate of drug-likeness (QED) is 0.546. The molecule has 0 aliphatic heterocycles. The van der Waals surface area contributed by atoms with Gasteiger partial charge in [0.15, 0.2) is 22.8 Å². The van der Waals surface area contributed by atoms with E-state index in [-0.39, 0.29) is 18.6 Å². The standard InChI is InChI=1S/C21H27FO6/c1-18-6-5-12(24)7-11(18)3-4-13-14-8-15(25)21(28,17(27)10-23)19(14,2)9-16(26)20(13,18)22/h5-7,13-16,23,25-26,28H,3-4,8-10H2,1-2H3/t13?,14?,15-,16?,18+,19?,20+,21+/m1/s1. The van der Waals surface area contributed by atoms with Gasteiger partial charge in [0, 0.05) is 16.7 Å². The summed E-state index contributed by atoms with van der Waals surface area (Å²) < 4.78 is 16.8. The van der Waals surface area contributed by atoms with E-state index in [9.17, 15) is 30.0 Å². The summed E-state index contributed by atoms with van der Waals surface area (Å²) in [6.07, 6.45) is 1.93. The zero-order valence-corrected chi connectivity index (χ0v) is 16.1. The molecule has 0 amide bonds. The molecule has 0 heterocycles. The maximum atomic E-state index is 16.8. The molecule has 154 valence electrons. The molecule has 7 heteroatoms. The number of Topliss-reactive ketones (excluding diaryl/α,β-unsaturated/α-hetero) is 1. The second kappa shape index (κ2) is 5.81. The Bertz CT molecular complexity index is 807. The largest absolute Gasteiger partial charge is 0.390 e. The SMILES string of the molecule is CC12CC(O)[C@@]3(F)C(CCC4=CC(=O)C=C[C@@]43C)C1C[C@@H](O)[C@]2(O)C(=O)CO. The lowest BCUT2D eigenvalue weighted by molar-refractivity contribution is -0.222. The Morgan fingerprint density at radius 2 is 1.93 bits per heavy atom. The number of aliphatic hydroxyl groups excluding tert-OH is 3. The molecule has 0 spiro atoms. The Balaban J connectivity index is 1.84. The number of fused-ring (bicyclic) bond motifs is 5. The number of hydrogen-bond donors (Lipinski definition) is 4. The third-order valence-corrected chi connectivity index (χ3v) is 8.43. The number of carbonyl (C=O) groups is 2. The highest BCUT2D eigenvalue weighted by Gasteiger charge is 2.76. The molecule has 3 fully saturated rings. The summed E-state index contributed by atoms with van der Waals surface area (Å²) >= 11 is 0. The average Bonchev–Trinajstić information content (AvgIpc) is 2.84. The first-order valence-electron chi connectivity index (χ1n) is 9.82. The van der Waals surface area contributed by atoms with Gasteiger partial charge in [-0.3, -0.25) is 9.59 Å². The highest BCUT2D eigenvalue weighted by molar-refractivity contribution is 6.01. The van der Waals surface area contributed by atoms with E-state index in [0.29, 0.717) is 18.4 Å². The van der Waals surface area contributed by atoms with Gasteiger partial charge < -0.3 is 20.4 Å². The second-order valence-electron chi connectivity index (χ2n) is 9.36. The lowest BCUT2D eigenvalue weighted by atomic mass is 9.44. The van der Waals surface area contributed by atoms with Gasteiger partial charge in [-0.25, -0.2) is 4.39 Å². The van der Waals surface area contributed by atoms with Crippen LogP contribution in [0.4, 0.5) is 4.39 Å². The lowest BCUT2D eigenvalue weighted by Crippen LogP contribution is -2.69. The number of carbonyl (C=O) groups excluding carboxylic acids is 2. The van der Waals surface area contributed by atoms with E-state index in [0.717, 1.165) is 0 Å². The van der Waals surface area contributed by atoms with Crippen molar-refractivity contribution in [3.8, 4) is 0 Å². The minimum absolute atomic E-state index is 0.0135. The van der Waals surface area contributed by atoms with E-state index >= 15 is 4.39 Å². The molecule has 4 aliphatic rings. The van der Waals surface area contributed by atoms with Gasteiger partial charge in [0.05, 0.1) is 12.2 Å². The third-order valence-electron chi connectivity index (χ3n) is 8.43. The van der Waals surface area contributed by atoms with Crippen LogP contribution >= 0.6 is 0 Å². The van der Waals surface area contributed by atoms with Gasteiger partial charge in [-0.1, -0.05) is 18.6 Å². The Kier molecular flexibility index (Phi) is 4.13. The Labute approximate surface area is 162 Å². The molecule has 6 nitrogen and oxygen atoms in total. The summed E-state index contributed by atoms with van der Waals surface area (Å²) in [5.41, 5.74) is -6.12. The van der Waals surface area contributed by atoms with Crippen molar-refractivity contribution in [2.75, 3.05) is 6.61 Å². The Hall–Kier alpha value is -1.41. The monoisotopic (exact) mass is 394 g/mol. The van der Waals surface area contributed by atoms with Crippen LogP contribution in [0.3, 0.4) is 0 Å². The van der Waals surface area contributed by atoms with Crippen LogP contribution in [0.2, 0.25) is 0 Å². The number of hydrogen-bond acceptors (Lipinski definition) is 6. The molecule has 0 aromatic heterocycles. The molecule has 4 rings (SSSR count). The first kappa shape index (κ1) is 19.9. The highest BCUT2D eigenvalue weighted by Crippen LogP contribution is 2.69. The van der Waals surface area contributed by atoms with Gasteiger partial charge in [-0.2, -0.15) is 0 Å². The van der Waals surface area contributed by atoms with Crippen molar-refractivity contribution in [1.82, 2.24) is 0 Å². The van der Waals surface area contributed by atoms with Crippen LogP contribution in [-0.4, -0.2) is 62.1 Å². The molecule has 3 saturated carbocycles. The molecule has 28 heavy (non-hydrogen) atoms. The van der Waals surface area contributed by atoms with Gasteiger partial charge in [0.25, 0.3) is 0 Å². The summed E-state index contributed by atoms with van der Waals surface area (Å²) in [6, 6.07) is 0. The Morgan fingerprint density at radius 1 is 1.25 bits per heavy atom. The average molecular weight is 394 g/mol. The maximum absolute atomic E-state index is 16.8. The van der Waals surface area contributed by atoms with Gasteiger partial charge in [0.1, 0.15) is 6.61 Å². The van der Waals surface area contributed by atoms with Crippen LogP contribution in [0.25, 0.3) is 0 Å². The lowest BCUT2D eigenvalue weighted by Gasteiger charge is -2.62. The highest BCUT2D eigenvalue weighted by atomic mass is 19.1. The van der Waals surface area contributed by atoms with Crippen LogP contribution in [0, 0.1) is 22.7 Å². The number of aliphatic hydroxyl groups is 4.